The summed E-state index contributed by atoms with van der Waals surface area (Å²) >= 11 is 0. The molecule has 6 nitrogen and oxygen atoms in total. The Balaban J connectivity index is 1.27. The lowest BCUT2D eigenvalue weighted by atomic mass is 9.73. The third-order valence-corrected chi connectivity index (χ3v) is 7.24. The summed E-state index contributed by atoms with van der Waals surface area (Å²) in [5, 5.41) is 0. The number of amides is 1. The molecule has 180 valence electrons. The minimum Gasteiger partial charge on any atom is -0.472 e. The van der Waals surface area contributed by atoms with Crippen LogP contribution in [0.5, 0.6) is 5.88 Å². The maximum Gasteiger partial charge on any atom is 0.417 e. The van der Waals surface area contributed by atoms with Crippen LogP contribution in [0.4, 0.5) is 22.0 Å². The van der Waals surface area contributed by atoms with Gasteiger partial charge in [0.05, 0.1) is 35.1 Å². The molecule has 1 aromatic carbocycles. The van der Waals surface area contributed by atoms with Crippen LogP contribution in [0.2, 0.25) is 0 Å². The zero-order valence-electron chi connectivity index (χ0n) is 18.0. The first-order valence-corrected chi connectivity index (χ1v) is 10.9. The molecule has 4 atom stereocenters. The number of nitrogens with zero attached hydrogens (tertiary/aromatic N) is 4. The van der Waals surface area contributed by atoms with E-state index in [1.54, 1.807) is 4.90 Å². The van der Waals surface area contributed by atoms with E-state index in [2.05, 4.69) is 15.0 Å². The highest BCUT2D eigenvalue weighted by Crippen LogP contribution is 2.71. The highest BCUT2D eigenvalue weighted by molar-refractivity contribution is 6.01. The minimum absolute atomic E-state index is 0.0421. The van der Waals surface area contributed by atoms with Gasteiger partial charge >= 0.3 is 6.18 Å². The summed E-state index contributed by atoms with van der Waals surface area (Å²) < 4.78 is 72.4. The lowest BCUT2D eigenvalue weighted by molar-refractivity contribution is -0.137. The van der Waals surface area contributed by atoms with E-state index in [0.29, 0.717) is 19.2 Å². The number of halogens is 5. The molecule has 1 aliphatic heterocycles. The lowest BCUT2D eigenvalue weighted by Gasteiger charge is -2.47. The number of carbonyl (C=O) groups is 1. The smallest absolute Gasteiger partial charge is 0.417 e. The number of pyridine rings is 1. The molecule has 6 rings (SSSR count). The van der Waals surface area contributed by atoms with Crippen LogP contribution >= 0.6 is 0 Å². The van der Waals surface area contributed by atoms with Gasteiger partial charge in [-0.2, -0.15) is 13.2 Å². The van der Waals surface area contributed by atoms with Crippen molar-refractivity contribution in [2.24, 2.45) is 11.3 Å². The number of rotatable bonds is 4. The molecule has 1 amide bonds. The Morgan fingerprint density at radius 3 is 2.49 bits per heavy atom. The number of aromatic nitrogens is 3. The molecule has 3 heterocycles. The fourth-order valence-electron chi connectivity index (χ4n) is 5.55. The van der Waals surface area contributed by atoms with Gasteiger partial charge in [0.15, 0.2) is 11.6 Å². The number of piperidine rings is 1. The van der Waals surface area contributed by atoms with Crippen LogP contribution in [-0.2, 0) is 6.18 Å². The van der Waals surface area contributed by atoms with E-state index in [0.717, 1.165) is 30.9 Å². The van der Waals surface area contributed by atoms with Gasteiger partial charge in [0.25, 0.3) is 5.91 Å². The number of ether oxygens (including phenoxy) is 1. The molecule has 1 saturated heterocycles. The summed E-state index contributed by atoms with van der Waals surface area (Å²) in [5.41, 5.74) is -1.04. The van der Waals surface area contributed by atoms with Gasteiger partial charge in [0.1, 0.15) is 11.9 Å². The van der Waals surface area contributed by atoms with Crippen molar-refractivity contribution in [2.45, 2.75) is 31.2 Å². The number of benzene rings is 1. The monoisotopic (exact) mass is 488 g/mol. The van der Waals surface area contributed by atoms with Gasteiger partial charge in [-0.15, -0.1) is 0 Å². The SMILES string of the molecule is O=C(c1cccc(F)c1-c1ncc(F)cn1)N1CC2CC23CC(Oc2ccc(C(F)(F)F)cn2)C13. The van der Waals surface area contributed by atoms with Gasteiger partial charge in [-0.05, 0) is 37.0 Å². The van der Waals surface area contributed by atoms with Crippen molar-refractivity contribution < 1.29 is 31.5 Å². The van der Waals surface area contributed by atoms with Gasteiger partial charge in [0.2, 0.25) is 5.88 Å². The molecular formula is C24H17F5N4O2. The molecule has 2 saturated carbocycles. The van der Waals surface area contributed by atoms with Crippen LogP contribution in [-0.4, -0.2) is 44.4 Å². The highest BCUT2D eigenvalue weighted by atomic mass is 19.4. The Bertz CT molecular complexity index is 1310. The molecule has 0 bridgehead atoms. The number of hydrogen-bond acceptors (Lipinski definition) is 5. The van der Waals surface area contributed by atoms with Crippen LogP contribution in [0, 0.1) is 23.0 Å². The quantitative estimate of drug-likeness (QED) is 0.506. The summed E-state index contributed by atoms with van der Waals surface area (Å²) in [7, 11) is 0. The largest absolute Gasteiger partial charge is 0.472 e. The molecule has 1 spiro atoms. The summed E-state index contributed by atoms with van der Waals surface area (Å²) in [6.45, 7) is 0.462. The van der Waals surface area contributed by atoms with E-state index in [-0.39, 0.29) is 40.2 Å². The summed E-state index contributed by atoms with van der Waals surface area (Å²) in [6, 6.07) is 5.80. The van der Waals surface area contributed by atoms with Crippen molar-refractivity contribution in [3.63, 3.8) is 0 Å². The molecule has 11 heteroatoms. The van der Waals surface area contributed by atoms with Crippen molar-refractivity contribution in [3.05, 3.63) is 71.7 Å². The standard InChI is InChI=1S/C24H17F5N4O2/c25-14-9-31-21(32-10-14)19-15(2-1-3-16(19)26)22(34)33-11-13-6-23(13)7-17(20(23)33)35-18-5-4-12(8-30-18)24(27,28)29/h1-5,8-10,13,17,20H,6-7,11H2. The minimum atomic E-state index is -4.50. The molecule has 0 radical (unpaired) electrons. The number of carbonyl (C=O) groups excluding carboxylic acids is 1. The molecule has 3 aliphatic rings. The second-order valence-electron chi connectivity index (χ2n) is 9.17. The van der Waals surface area contributed by atoms with Gasteiger partial charge in [0, 0.05) is 24.2 Å². The predicted octanol–water partition coefficient (Wildman–Crippen LogP) is 4.52. The van der Waals surface area contributed by atoms with Gasteiger partial charge in [-0.1, -0.05) is 6.07 Å². The van der Waals surface area contributed by atoms with Crippen molar-refractivity contribution in [1.82, 2.24) is 19.9 Å². The average Bonchev–Trinajstić information content (AvgIpc) is 3.47. The Kier molecular flexibility index (Phi) is 4.64. The van der Waals surface area contributed by atoms with Crippen LogP contribution < -0.4 is 4.74 Å². The molecule has 0 N–H and O–H groups in total. The van der Waals surface area contributed by atoms with E-state index in [4.69, 9.17) is 4.74 Å². The maximum absolute atomic E-state index is 14.8. The summed E-state index contributed by atoms with van der Waals surface area (Å²) in [4.78, 5) is 26.7. The second-order valence-corrected chi connectivity index (χ2v) is 9.17. The highest BCUT2D eigenvalue weighted by Gasteiger charge is 2.76. The fourth-order valence-corrected chi connectivity index (χ4v) is 5.55. The number of likely N-dealkylation sites (tertiary alicyclic amines) is 1. The van der Waals surface area contributed by atoms with Gasteiger partial charge < -0.3 is 9.64 Å². The number of alkyl halides is 3. The van der Waals surface area contributed by atoms with E-state index in [9.17, 15) is 26.7 Å². The first kappa shape index (κ1) is 21.9. The average molecular weight is 488 g/mol. The zero-order valence-corrected chi connectivity index (χ0v) is 18.0. The zero-order chi connectivity index (χ0) is 24.5. The van der Waals surface area contributed by atoms with E-state index >= 15 is 0 Å². The van der Waals surface area contributed by atoms with Crippen LogP contribution in [0.25, 0.3) is 11.4 Å². The van der Waals surface area contributed by atoms with Crippen molar-refractivity contribution >= 4 is 5.91 Å². The van der Waals surface area contributed by atoms with Crippen molar-refractivity contribution in [2.75, 3.05) is 6.54 Å². The first-order chi connectivity index (χ1) is 16.7. The fraction of sp³-hybridized carbons (Fsp3) is 0.333. The van der Waals surface area contributed by atoms with Crippen molar-refractivity contribution in [1.29, 1.82) is 0 Å². The van der Waals surface area contributed by atoms with E-state index in [1.807, 2.05) is 0 Å². The van der Waals surface area contributed by atoms with E-state index in [1.165, 1.54) is 18.2 Å². The molecular weight excluding hydrogens is 471 g/mol. The van der Waals surface area contributed by atoms with Gasteiger partial charge in [-0.25, -0.2) is 23.7 Å². The second kappa shape index (κ2) is 7.43. The summed E-state index contributed by atoms with van der Waals surface area (Å²) in [5.74, 6) is -1.61. The Morgan fingerprint density at radius 1 is 1.03 bits per heavy atom. The molecule has 2 aliphatic carbocycles. The van der Waals surface area contributed by atoms with Gasteiger partial charge in [-0.3, -0.25) is 4.79 Å². The first-order valence-electron chi connectivity index (χ1n) is 10.9. The van der Waals surface area contributed by atoms with Crippen LogP contribution in [0.15, 0.2) is 48.9 Å². The number of hydrogen-bond donors (Lipinski definition) is 0. The van der Waals surface area contributed by atoms with E-state index < -0.39 is 35.4 Å². The maximum atomic E-state index is 14.8. The van der Waals surface area contributed by atoms with Crippen LogP contribution in [0.1, 0.15) is 28.8 Å². The Hall–Kier alpha value is -3.63. The topological polar surface area (TPSA) is 68.2 Å². The predicted molar refractivity (Wildman–Crippen MR) is 111 cm³/mol. The molecule has 3 fully saturated rings. The van der Waals surface area contributed by atoms with Crippen LogP contribution in [0.3, 0.4) is 0 Å². The normalized spacial score (nSPS) is 26.5. The Labute approximate surface area is 195 Å². The summed E-state index contributed by atoms with van der Waals surface area (Å²) in [6.07, 6.45) is -0.854. The molecule has 2 aromatic heterocycles. The molecule has 3 aromatic rings. The molecule has 4 unspecified atom stereocenters. The molecule has 35 heavy (non-hydrogen) atoms. The van der Waals surface area contributed by atoms with Crippen molar-refractivity contribution in [3.8, 4) is 17.3 Å². The third kappa shape index (κ3) is 3.43. The third-order valence-electron chi connectivity index (χ3n) is 7.24. The lowest BCUT2D eigenvalue weighted by Crippen LogP contribution is -2.59. The Morgan fingerprint density at radius 2 is 1.80 bits per heavy atom.